The van der Waals surface area contributed by atoms with Gasteiger partial charge in [0.05, 0.1) is 17.5 Å². The maximum Gasteiger partial charge on any atom is 0.274 e. The lowest BCUT2D eigenvalue weighted by Gasteiger charge is -2.06. The number of carbonyl (C=O) groups is 1. The summed E-state index contributed by atoms with van der Waals surface area (Å²) in [5.41, 5.74) is 5.18. The first-order valence-corrected chi connectivity index (χ1v) is 7.14. The largest absolute Gasteiger partial charge is 0.469 e. The number of amides is 1. The lowest BCUT2D eigenvalue weighted by Crippen LogP contribution is -2.21. The molecule has 0 saturated carbocycles. The number of benzene rings is 1. The Hall–Kier alpha value is -3.21. The van der Waals surface area contributed by atoms with Crippen LogP contribution in [0.2, 0.25) is 0 Å². The van der Waals surface area contributed by atoms with Crippen LogP contribution in [0, 0.1) is 6.92 Å². The summed E-state index contributed by atoms with van der Waals surface area (Å²) in [6.07, 6.45) is 3.17. The van der Waals surface area contributed by atoms with Crippen LogP contribution in [0.4, 0.5) is 0 Å². The Morgan fingerprint density at radius 2 is 1.87 bits per heavy atom. The average molecular weight is 305 g/mol. The summed E-state index contributed by atoms with van der Waals surface area (Å²) in [5.74, 6) is 0.234. The normalized spacial score (nSPS) is 11.3. The zero-order valence-corrected chi connectivity index (χ0v) is 12.6. The summed E-state index contributed by atoms with van der Waals surface area (Å²) < 4.78 is 5.14. The van der Waals surface area contributed by atoms with Crippen LogP contribution in [0.25, 0.3) is 0 Å². The number of carbonyl (C=O) groups excluding carboxylic acids is 1. The molecule has 5 heteroatoms. The summed E-state index contributed by atoms with van der Waals surface area (Å²) in [6.45, 7) is 1.73. The Kier molecular flexibility index (Phi) is 4.29. The molecule has 5 nitrogen and oxygen atoms in total. The molecule has 114 valence electrons. The van der Waals surface area contributed by atoms with Crippen LogP contribution in [0.5, 0.6) is 0 Å². The minimum absolute atomic E-state index is 0.319. The molecule has 0 aliphatic carbocycles. The number of aryl methyl sites for hydroxylation is 1. The lowest BCUT2D eigenvalue weighted by molar-refractivity contribution is 0.0953. The van der Waals surface area contributed by atoms with Gasteiger partial charge >= 0.3 is 0 Å². The molecule has 0 unspecified atom stereocenters. The Morgan fingerprint density at radius 1 is 1.09 bits per heavy atom. The first kappa shape index (κ1) is 14.7. The van der Waals surface area contributed by atoms with Gasteiger partial charge in [0.2, 0.25) is 0 Å². The van der Waals surface area contributed by atoms with Gasteiger partial charge in [-0.25, -0.2) is 5.43 Å². The van der Waals surface area contributed by atoms with E-state index in [9.17, 15) is 4.79 Å². The number of hydrazone groups is 1. The van der Waals surface area contributed by atoms with Gasteiger partial charge in [-0.15, -0.1) is 0 Å². The molecule has 1 aromatic carbocycles. The summed E-state index contributed by atoms with van der Waals surface area (Å²) in [5, 5.41) is 4.27. The minimum atomic E-state index is -0.319. The fraction of sp³-hybridized carbons (Fsp3) is 0.0556. The van der Waals surface area contributed by atoms with Crippen LogP contribution in [0.15, 0.2) is 76.6 Å². The molecule has 0 fully saturated rings. The molecule has 2 aromatic heterocycles. The molecule has 0 radical (unpaired) electrons. The first-order valence-electron chi connectivity index (χ1n) is 7.14. The van der Waals surface area contributed by atoms with Crippen LogP contribution in [0.1, 0.15) is 27.4 Å². The smallest absolute Gasteiger partial charge is 0.274 e. The van der Waals surface area contributed by atoms with E-state index in [-0.39, 0.29) is 5.91 Å². The van der Waals surface area contributed by atoms with Gasteiger partial charge < -0.3 is 4.42 Å². The minimum Gasteiger partial charge on any atom is -0.469 e. The van der Waals surface area contributed by atoms with Crippen LogP contribution in [-0.2, 0) is 0 Å². The zero-order chi connectivity index (χ0) is 16.1. The van der Waals surface area contributed by atoms with Gasteiger partial charge in [0.1, 0.15) is 11.5 Å². The van der Waals surface area contributed by atoms with E-state index in [0.29, 0.717) is 22.7 Å². The van der Waals surface area contributed by atoms with E-state index in [1.165, 1.54) is 6.26 Å². The van der Waals surface area contributed by atoms with E-state index in [1.54, 1.807) is 19.2 Å². The lowest BCUT2D eigenvalue weighted by atomic mass is 10.1. The van der Waals surface area contributed by atoms with Gasteiger partial charge in [-0.2, -0.15) is 5.10 Å². The van der Waals surface area contributed by atoms with Crippen molar-refractivity contribution in [2.24, 2.45) is 5.10 Å². The molecule has 0 bridgehead atoms. The molecule has 0 aliphatic rings. The molecule has 0 saturated heterocycles. The van der Waals surface area contributed by atoms with Gasteiger partial charge in [-0.3, -0.25) is 9.78 Å². The van der Waals surface area contributed by atoms with E-state index in [1.807, 2.05) is 48.5 Å². The maximum absolute atomic E-state index is 12.2. The SMILES string of the molecule is Cc1occc1C(=O)N/N=C(\c1ccccc1)c1ccccn1. The van der Waals surface area contributed by atoms with E-state index in [2.05, 4.69) is 15.5 Å². The average Bonchev–Trinajstić information content (AvgIpc) is 3.03. The number of hydrogen-bond acceptors (Lipinski definition) is 4. The monoisotopic (exact) mass is 305 g/mol. The molecular formula is C18H15N3O2. The second-order valence-electron chi connectivity index (χ2n) is 4.87. The maximum atomic E-state index is 12.2. The summed E-state index contributed by atoms with van der Waals surface area (Å²) in [7, 11) is 0. The van der Waals surface area contributed by atoms with E-state index in [4.69, 9.17) is 4.42 Å². The highest BCUT2D eigenvalue weighted by atomic mass is 16.3. The highest BCUT2D eigenvalue weighted by Gasteiger charge is 2.13. The van der Waals surface area contributed by atoms with Gasteiger partial charge in [0.15, 0.2) is 0 Å². The fourth-order valence-electron chi connectivity index (χ4n) is 2.16. The standard InChI is InChI=1S/C18H15N3O2/c1-13-15(10-12-23-13)18(22)21-20-17(14-7-3-2-4-8-14)16-9-5-6-11-19-16/h2-12H,1H3,(H,21,22)/b20-17+. The highest BCUT2D eigenvalue weighted by Crippen LogP contribution is 2.10. The molecule has 0 spiro atoms. The van der Waals surface area contributed by atoms with Crippen molar-refractivity contribution in [3.63, 3.8) is 0 Å². The van der Waals surface area contributed by atoms with Crippen LogP contribution >= 0.6 is 0 Å². The zero-order valence-electron chi connectivity index (χ0n) is 12.6. The first-order chi connectivity index (χ1) is 11.3. The molecule has 2 heterocycles. The van der Waals surface area contributed by atoms with Crippen molar-refractivity contribution in [2.45, 2.75) is 6.92 Å². The third-order valence-electron chi connectivity index (χ3n) is 3.33. The van der Waals surface area contributed by atoms with Gasteiger partial charge in [0.25, 0.3) is 5.91 Å². The topological polar surface area (TPSA) is 67.5 Å². The molecular weight excluding hydrogens is 290 g/mol. The third kappa shape index (κ3) is 3.35. The molecule has 1 amide bonds. The molecule has 3 rings (SSSR count). The quantitative estimate of drug-likeness (QED) is 0.594. The summed E-state index contributed by atoms with van der Waals surface area (Å²) >= 11 is 0. The second-order valence-corrected chi connectivity index (χ2v) is 4.87. The Bertz CT molecular complexity index is 782. The van der Waals surface area contributed by atoms with E-state index in [0.717, 1.165) is 5.56 Å². The number of nitrogens with one attached hydrogen (secondary N) is 1. The number of aromatic nitrogens is 1. The van der Waals surface area contributed by atoms with Crippen molar-refractivity contribution in [2.75, 3.05) is 0 Å². The van der Waals surface area contributed by atoms with Crippen LogP contribution in [-0.4, -0.2) is 16.6 Å². The number of hydrogen-bond donors (Lipinski definition) is 1. The number of nitrogens with zero attached hydrogens (tertiary/aromatic N) is 2. The number of rotatable bonds is 4. The molecule has 1 N–H and O–H groups in total. The molecule has 0 aliphatic heterocycles. The molecule has 3 aromatic rings. The van der Waals surface area contributed by atoms with E-state index < -0.39 is 0 Å². The van der Waals surface area contributed by atoms with Crippen LogP contribution in [0.3, 0.4) is 0 Å². The summed E-state index contributed by atoms with van der Waals surface area (Å²) in [4.78, 5) is 16.5. The van der Waals surface area contributed by atoms with Crippen LogP contribution < -0.4 is 5.43 Å². The Balaban J connectivity index is 1.93. The third-order valence-corrected chi connectivity index (χ3v) is 3.33. The van der Waals surface area contributed by atoms with Gasteiger partial charge in [-0.1, -0.05) is 36.4 Å². The highest BCUT2D eigenvalue weighted by molar-refractivity contribution is 6.12. The second kappa shape index (κ2) is 6.70. The van der Waals surface area contributed by atoms with Crippen molar-refractivity contribution >= 4 is 11.6 Å². The van der Waals surface area contributed by atoms with Crippen molar-refractivity contribution in [1.29, 1.82) is 0 Å². The van der Waals surface area contributed by atoms with Crippen molar-refractivity contribution < 1.29 is 9.21 Å². The number of pyridine rings is 1. The predicted octanol–water partition coefficient (Wildman–Crippen LogP) is 3.17. The predicted molar refractivity (Wildman–Crippen MR) is 87.2 cm³/mol. The van der Waals surface area contributed by atoms with E-state index >= 15 is 0 Å². The van der Waals surface area contributed by atoms with Crippen molar-refractivity contribution in [3.8, 4) is 0 Å². The van der Waals surface area contributed by atoms with Crippen molar-refractivity contribution in [3.05, 3.63) is 89.6 Å². The summed E-state index contributed by atoms with van der Waals surface area (Å²) in [6, 6.07) is 16.8. The molecule has 23 heavy (non-hydrogen) atoms. The Labute approximate surface area is 133 Å². The van der Waals surface area contributed by atoms with Crippen molar-refractivity contribution in [1.82, 2.24) is 10.4 Å². The van der Waals surface area contributed by atoms with Gasteiger partial charge in [0, 0.05) is 11.8 Å². The Morgan fingerprint density at radius 3 is 2.52 bits per heavy atom. The van der Waals surface area contributed by atoms with Gasteiger partial charge in [-0.05, 0) is 25.1 Å². The molecule has 0 atom stereocenters. The number of furan rings is 1. The fourth-order valence-corrected chi connectivity index (χ4v) is 2.16.